The van der Waals surface area contributed by atoms with Crippen LogP contribution in [0.25, 0.3) is 0 Å². The Hall–Kier alpha value is -3.65. The molecule has 174 valence electrons. The number of carbonyl (C=O) groups excluding carboxylic acids is 3. The van der Waals surface area contributed by atoms with Gasteiger partial charge in [-0.25, -0.2) is 4.99 Å². The van der Waals surface area contributed by atoms with Gasteiger partial charge in [0.2, 0.25) is 11.8 Å². The Morgan fingerprint density at radius 2 is 1.88 bits per heavy atom. The number of thioether (sulfide) groups is 1. The summed E-state index contributed by atoms with van der Waals surface area (Å²) >= 11 is 1.28. The summed E-state index contributed by atoms with van der Waals surface area (Å²) < 4.78 is 5.44. The largest absolute Gasteiger partial charge is 0.467 e. The fourth-order valence-electron chi connectivity index (χ4n) is 3.63. The van der Waals surface area contributed by atoms with Crippen molar-refractivity contribution in [3.8, 4) is 0 Å². The molecule has 1 aliphatic rings. The summed E-state index contributed by atoms with van der Waals surface area (Å²) in [6.45, 7) is 5.73. The van der Waals surface area contributed by atoms with Gasteiger partial charge in [0.25, 0.3) is 0 Å². The molecule has 1 unspecified atom stereocenters. The standard InChI is InChI=1S/C26H25N3O4S/c1-16-6-11-22(17(2)13-16)28-26-29(15-21-5-4-12-33-21)25(32)23(34-26)14-24(31)27-20-9-7-19(8-10-20)18(3)30/h4-13,23H,14-15H2,1-3H3,(H,27,31). The number of benzene rings is 2. The van der Waals surface area contributed by atoms with E-state index in [1.165, 1.54) is 18.7 Å². The molecule has 0 aliphatic carbocycles. The number of aryl methyl sites for hydroxylation is 2. The summed E-state index contributed by atoms with van der Waals surface area (Å²) in [6.07, 6.45) is 1.56. The second kappa shape index (κ2) is 10.1. The number of amides is 2. The van der Waals surface area contributed by atoms with E-state index in [-0.39, 0.29) is 30.6 Å². The van der Waals surface area contributed by atoms with E-state index in [9.17, 15) is 14.4 Å². The first-order chi connectivity index (χ1) is 16.3. The van der Waals surface area contributed by atoms with Crippen LogP contribution in [0.3, 0.4) is 0 Å². The minimum atomic E-state index is -0.601. The van der Waals surface area contributed by atoms with Gasteiger partial charge in [-0.3, -0.25) is 19.3 Å². The first kappa shape index (κ1) is 23.5. The molecule has 2 aromatic carbocycles. The number of amidine groups is 1. The smallest absolute Gasteiger partial charge is 0.243 e. The maximum Gasteiger partial charge on any atom is 0.243 e. The predicted molar refractivity (Wildman–Crippen MR) is 133 cm³/mol. The average Bonchev–Trinajstić information content (AvgIpc) is 3.40. The van der Waals surface area contributed by atoms with Crippen LogP contribution in [0.1, 0.15) is 40.6 Å². The van der Waals surface area contributed by atoms with Gasteiger partial charge < -0.3 is 9.73 Å². The Morgan fingerprint density at radius 1 is 1.12 bits per heavy atom. The third-order valence-electron chi connectivity index (χ3n) is 5.43. The Bertz CT molecular complexity index is 1250. The summed E-state index contributed by atoms with van der Waals surface area (Å²) in [7, 11) is 0. The highest BCUT2D eigenvalue weighted by Gasteiger charge is 2.39. The number of hydrogen-bond donors (Lipinski definition) is 1. The summed E-state index contributed by atoms with van der Waals surface area (Å²) in [5.74, 6) is 0.121. The Morgan fingerprint density at radius 3 is 2.53 bits per heavy atom. The predicted octanol–water partition coefficient (Wildman–Crippen LogP) is 5.26. The summed E-state index contributed by atoms with van der Waals surface area (Å²) in [5, 5.41) is 2.74. The molecule has 1 atom stereocenters. The third kappa shape index (κ3) is 5.46. The van der Waals surface area contributed by atoms with Crippen LogP contribution in [-0.2, 0) is 16.1 Å². The Balaban J connectivity index is 1.52. The van der Waals surface area contributed by atoms with Gasteiger partial charge in [-0.1, -0.05) is 29.5 Å². The molecule has 8 heteroatoms. The zero-order chi connectivity index (χ0) is 24.2. The highest BCUT2D eigenvalue weighted by Crippen LogP contribution is 2.34. The van der Waals surface area contributed by atoms with Gasteiger partial charge in [-0.05, 0) is 68.8 Å². The van der Waals surface area contributed by atoms with Gasteiger partial charge in [-0.2, -0.15) is 0 Å². The van der Waals surface area contributed by atoms with E-state index in [4.69, 9.17) is 9.41 Å². The zero-order valence-electron chi connectivity index (χ0n) is 19.2. The number of furan rings is 1. The first-order valence-electron chi connectivity index (χ1n) is 10.9. The van der Waals surface area contributed by atoms with Crippen molar-refractivity contribution in [2.75, 3.05) is 5.32 Å². The molecule has 1 N–H and O–H groups in total. The molecule has 0 bridgehead atoms. The second-order valence-corrected chi connectivity index (χ2v) is 9.35. The van der Waals surface area contributed by atoms with Crippen molar-refractivity contribution in [1.82, 2.24) is 4.90 Å². The molecular formula is C26H25N3O4S. The molecule has 34 heavy (non-hydrogen) atoms. The van der Waals surface area contributed by atoms with E-state index in [0.29, 0.717) is 22.2 Å². The quantitative estimate of drug-likeness (QED) is 0.471. The normalized spacial score (nSPS) is 16.8. The van der Waals surface area contributed by atoms with Gasteiger partial charge in [0.15, 0.2) is 11.0 Å². The summed E-state index contributed by atoms with van der Waals surface area (Å²) in [5.41, 5.74) is 4.06. The van der Waals surface area contributed by atoms with Crippen LogP contribution < -0.4 is 5.32 Å². The lowest BCUT2D eigenvalue weighted by molar-refractivity contribution is -0.128. The van der Waals surface area contributed by atoms with Crippen LogP contribution in [0.15, 0.2) is 70.3 Å². The van der Waals surface area contributed by atoms with Crippen LogP contribution >= 0.6 is 11.8 Å². The number of nitrogens with zero attached hydrogens (tertiary/aromatic N) is 2. The highest BCUT2D eigenvalue weighted by atomic mass is 32.2. The molecule has 2 heterocycles. The lowest BCUT2D eigenvalue weighted by Crippen LogP contribution is -2.33. The van der Waals surface area contributed by atoms with E-state index < -0.39 is 5.25 Å². The van der Waals surface area contributed by atoms with E-state index in [2.05, 4.69) is 5.32 Å². The van der Waals surface area contributed by atoms with E-state index in [1.54, 1.807) is 47.6 Å². The molecule has 2 amide bonds. The number of anilines is 1. The highest BCUT2D eigenvalue weighted by molar-refractivity contribution is 8.15. The van der Waals surface area contributed by atoms with Gasteiger partial charge in [0, 0.05) is 17.7 Å². The molecule has 1 aliphatic heterocycles. The van der Waals surface area contributed by atoms with Gasteiger partial charge in [0.1, 0.15) is 11.0 Å². The van der Waals surface area contributed by atoms with Crippen LogP contribution in [0.4, 0.5) is 11.4 Å². The zero-order valence-corrected chi connectivity index (χ0v) is 20.0. The van der Waals surface area contributed by atoms with Crippen molar-refractivity contribution in [3.05, 3.63) is 83.3 Å². The number of hydrogen-bond acceptors (Lipinski definition) is 6. The molecule has 0 spiro atoms. The Labute approximate surface area is 202 Å². The van der Waals surface area contributed by atoms with E-state index in [1.807, 2.05) is 32.0 Å². The van der Waals surface area contributed by atoms with Crippen molar-refractivity contribution in [2.45, 2.75) is 39.0 Å². The summed E-state index contributed by atoms with van der Waals surface area (Å²) in [6, 6.07) is 16.2. The number of nitrogens with one attached hydrogen (secondary N) is 1. The SMILES string of the molecule is CC(=O)c1ccc(NC(=O)CC2SC(=Nc3ccc(C)cc3C)N(Cc3ccco3)C2=O)cc1. The van der Waals surface area contributed by atoms with Crippen molar-refractivity contribution >= 4 is 45.9 Å². The topological polar surface area (TPSA) is 92.0 Å². The van der Waals surface area contributed by atoms with Gasteiger partial charge in [-0.15, -0.1) is 0 Å². The minimum absolute atomic E-state index is 0.00147. The van der Waals surface area contributed by atoms with Crippen molar-refractivity contribution < 1.29 is 18.8 Å². The lowest BCUT2D eigenvalue weighted by atomic mass is 10.1. The molecule has 3 aromatic rings. The molecule has 1 aromatic heterocycles. The van der Waals surface area contributed by atoms with Crippen LogP contribution in [0.2, 0.25) is 0 Å². The lowest BCUT2D eigenvalue weighted by Gasteiger charge is -2.15. The third-order valence-corrected chi connectivity index (χ3v) is 6.60. The molecule has 4 rings (SSSR count). The van der Waals surface area contributed by atoms with Crippen LogP contribution in [-0.4, -0.2) is 32.9 Å². The van der Waals surface area contributed by atoms with Crippen LogP contribution in [0.5, 0.6) is 0 Å². The maximum absolute atomic E-state index is 13.2. The summed E-state index contributed by atoms with van der Waals surface area (Å²) in [4.78, 5) is 43.7. The number of carbonyl (C=O) groups is 3. The first-order valence-corrected chi connectivity index (χ1v) is 11.8. The van der Waals surface area contributed by atoms with Crippen molar-refractivity contribution in [3.63, 3.8) is 0 Å². The van der Waals surface area contributed by atoms with Gasteiger partial charge in [0.05, 0.1) is 18.5 Å². The maximum atomic E-state index is 13.2. The van der Waals surface area contributed by atoms with Gasteiger partial charge >= 0.3 is 0 Å². The number of ketones is 1. The van der Waals surface area contributed by atoms with E-state index >= 15 is 0 Å². The van der Waals surface area contributed by atoms with Crippen molar-refractivity contribution in [2.24, 2.45) is 4.99 Å². The average molecular weight is 476 g/mol. The molecule has 7 nitrogen and oxygen atoms in total. The fraction of sp³-hybridized carbons (Fsp3) is 0.231. The fourth-order valence-corrected chi connectivity index (χ4v) is 4.78. The number of rotatable bonds is 7. The van der Waals surface area contributed by atoms with Crippen molar-refractivity contribution in [1.29, 1.82) is 0 Å². The Kier molecular flexibility index (Phi) is 6.98. The second-order valence-electron chi connectivity index (χ2n) is 8.18. The number of Topliss-reactive ketones (excluding diaryl/α,β-unsaturated/α-hetero) is 1. The molecular weight excluding hydrogens is 450 g/mol. The molecule has 0 saturated carbocycles. The van der Waals surface area contributed by atoms with E-state index in [0.717, 1.165) is 16.8 Å². The monoisotopic (exact) mass is 475 g/mol. The molecule has 1 saturated heterocycles. The number of aliphatic imine (C=N–C) groups is 1. The molecule has 0 radical (unpaired) electrons. The van der Waals surface area contributed by atoms with Crippen LogP contribution in [0, 0.1) is 13.8 Å². The minimum Gasteiger partial charge on any atom is -0.467 e. The molecule has 1 fully saturated rings.